The number of benzene rings is 1. The summed E-state index contributed by atoms with van der Waals surface area (Å²) >= 11 is 3.19. The molecule has 0 unspecified atom stereocenters. The van der Waals surface area contributed by atoms with Crippen LogP contribution in [0.15, 0.2) is 28.9 Å². The van der Waals surface area contributed by atoms with Gasteiger partial charge in [-0.25, -0.2) is 8.78 Å². The summed E-state index contributed by atoms with van der Waals surface area (Å²) in [6.07, 6.45) is -4.24. The van der Waals surface area contributed by atoms with Crippen molar-refractivity contribution in [2.45, 2.75) is 37.5 Å². The Morgan fingerprint density at radius 1 is 1.33 bits per heavy atom. The Hall–Kier alpha value is -1.64. The molecule has 1 aliphatic rings. The molecule has 3 rings (SSSR count). The fourth-order valence-electron chi connectivity index (χ4n) is 2.80. The SMILES string of the molecule is O=C(NC1CC(F)(F)C1)c1cn(CC(F)(F)F)c2cc(Br)ccc12. The number of carbonyl (C=O) groups is 1. The zero-order valence-electron chi connectivity index (χ0n) is 12.1. The number of aromatic nitrogens is 1. The molecule has 1 aromatic heterocycles. The molecule has 0 spiro atoms. The lowest BCUT2D eigenvalue weighted by molar-refractivity contribution is -0.139. The highest BCUT2D eigenvalue weighted by Gasteiger charge is 2.46. The molecule has 1 heterocycles. The zero-order valence-corrected chi connectivity index (χ0v) is 13.7. The minimum absolute atomic E-state index is 0.0389. The molecule has 1 aromatic carbocycles. The smallest absolute Gasteiger partial charge is 0.349 e. The van der Waals surface area contributed by atoms with Crippen LogP contribution in [0.2, 0.25) is 0 Å². The van der Waals surface area contributed by atoms with E-state index >= 15 is 0 Å². The van der Waals surface area contributed by atoms with Crippen molar-refractivity contribution in [1.82, 2.24) is 9.88 Å². The van der Waals surface area contributed by atoms with Gasteiger partial charge in [-0.05, 0) is 12.1 Å². The van der Waals surface area contributed by atoms with Gasteiger partial charge in [-0.1, -0.05) is 22.0 Å². The summed E-state index contributed by atoms with van der Waals surface area (Å²) in [5, 5.41) is 2.78. The lowest BCUT2D eigenvalue weighted by Gasteiger charge is -2.35. The van der Waals surface area contributed by atoms with Crippen LogP contribution >= 0.6 is 15.9 Å². The first-order valence-electron chi connectivity index (χ1n) is 7.08. The van der Waals surface area contributed by atoms with Crippen molar-refractivity contribution in [2.75, 3.05) is 0 Å². The monoisotopic (exact) mass is 410 g/mol. The maximum atomic E-state index is 12.8. The Balaban J connectivity index is 1.91. The molecule has 1 amide bonds. The number of hydrogen-bond acceptors (Lipinski definition) is 1. The fraction of sp³-hybridized carbons (Fsp3) is 0.400. The lowest BCUT2D eigenvalue weighted by Crippen LogP contribution is -2.50. The average molecular weight is 411 g/mol. The molecule has 3 nitrogen and oxygen atoms in total. The van der Waals surface area contributed by atoms with Crippen molar-refractivity contribution in [1.29, 1.82) is 0 Å². The van der Waals surface area contributed by atoms with E-state index < -0.39 is 43.4 Å². The van der Waals surface area contributed by atoms with E-state index in [0.717, 1.165) is 10.8 Å². The van der Waals surface area contributed by atoms with Crippen LogP contribution in [0, 0.1) is 0 Å². The standard InChI is InChI=1S/C15H12BrF5N2O/c16-8-1-2-10-11(13(24)22-9-4-14(17,18)5-9)6-23(12(10)3-8)7-15(19,20)21/h1-3,6,9H,4-5,7H2,(H,22,24). The topological polar surface area (TPSA) is 34.0 Å². The third kappa shape index (κ3) is 3.55. The second-order valence-electron chi connectivity index (χ2n) is 5.88. The van der Waals surface area contributed by atoms with Crippen molar-refractivity contribution in [3.63, 3.8) is 0 Å². The van der Waals surface area contributed by atoms with E-state index in [2.05, 4.69) is 21.2 Å². The molecule has 2 aromatic rings. The first kappa shape index (κ1) is 17.2. The maximum Gasteiger partial charge on any atom is 0.406 e. The van der Waals surface area contributed by atoms with Crippen LogP contribution in [0.5, 0.6) is 0 Å². The first-order valence-corrected chi connectivity index (χ1v) is 7.87. The number of hydrogen-bond donors (Lipinski definition) is 1. The van der Waals surface area contributed by atoms with Gasteiger partial charge in [0.2, 0.25) is 0 Å². The van der Waals surface area contributed by atoms with Crippen molar-refractivity contribution < 1.29 is 26.7 Å². The summed E-state index contributed by atoms with van der Waals surface area (Å²) in [5.74, 6) is -3.43. The number of rotatable bonds is 3. The largest absolute Gasteiger partial charge is 0.406 e. The fourth-order valence-corrected chi connectivity index (χ4v) is 3.15. The van der Waals surface area contributed by atoms with E-state index in [1.54, 1.807) is 6.07 Å². The van der Waals surface area contributed by atoms with Gasteiger partial charge in [0.1, 0.15) is 6.54 Å². The van der Waals surface area contributed by atoms with Crippen molar-refractivity contribution in [2.24, 2.45) is 0 Å². The van der Waals surface area contributed by atoms with Crippen LogP contribution in [0.3, 0.4) is 0 Å². The van der Waals surface area contributed by atoms with Crippen LogP contribution in [-0.4, -0.2) is 28.6 Å². The van der Waals surface area contributed by atoms with Crippen LogP contribution in [0.25, 0.3) is 10.9 Å². The second kappa shape index (κ2) is 5.72. The number of nitrogens with one attached hydrogen (secondary N) is 1. The van der Waals surface area contributed by atoms with E-state index in [0.29, 0.717) is 9.86 Å². The highest BCUT2D eigenvalue weighted by atomic mass is 79.9. The minimum Gasteiger partial charge on any atom is -0.349 e. The summed E-state index contributed by atoms with van der Waals surface area (Å²) in [5.41, 5.74) is 0.280. The number of carbonyl (C=O) groups excluding carboxylic acids is 1. The highest BCUT2D eigenvalue weighted by molar-refractivity contribution is 9.10. The highest BCUT2D eigenvalue weighted by Crippen LogP contribution is 2.37. The molecule has 1 fully saturated rings. The Labute approximate surface area is 141 Å². The Morgan fingerprint density at radius 3 is 2.58 bits per heavy atom. The molecule has 1 aliphatic carbocycles. The first-order chi connectivity index (χ1) is 11.0. The summed E-state index contributed by atoms with van der Waals surface area (Å²) in [4.78, 5) is 12.3. The third-order valence-electron chi connectivity index (χ3n) is 3.86. The van der Waals surface area contributed by atoms with E-state index in [-0.39, 0.29) is 11.1 Å². The van der Waals surface area contributed by atoms with Crippen LogP contribution in [0.1, 0.15) is 23.2 Å². The number of halogens is 6. The molecule has 0 atom stereocenters. The molecule has 0 aliphatic heterocycles. The summed E-state index contributed by atoms with van der Waals surface area (Å²) < 4.78 is 65.4. The van der Waals surface area contributed by atoms with Gasteiger partial charge in [-0.15, -0.1) is 0 Å². The van der Waals surface area contributed by atoms with Crippen LogP contribution < -0.4 is 5.32 Å². The predicted octanol–water partition coefficient (Wildman–Crippen LogP) is 4.49. The van der Waals surface area contributed by atoms with Gasteiger partial charge in [0.05, 0.1) is 11.1 Å². The lowest BCUT2D eigenvalue weighted by atomic mass is 9.88. The van der Waals surface area contributed by atoms with Gasteiger partial charge < -0.3 is 9.88 Å². The molecule has 130 valence electrons. The predicted molar refractivity (Wildman–Crippen MR) is 81.1 cm³/mol. The Kier molecular flexibility index (Phi) is 4.09. The molecule has 24 heavy (non-hydrogen) atoms. The van der Waals surface area contributed by atoms with Gasteiger partial charge in [0, 0.05) is 34.9 Å². The van der Waals surface area contributed by atoms with E-state index in [1.807, 2.05) is 0 Å². The summed E-state index contributed by atoms with van der Waals surface area (Å²) in [7, 11) is 0. The van der Waals surface area contributed by atoms with Gasteiger partial charge in [0.25, 0.3) is 11.8 Å². The van der Waals surface area contributed by atoms with Crippen molar-refractivity contribution >= 4 is 32.7 Å². The Morgan fingerprint density at radius 2 is 2.00 bits per heavy atom. The van der Waals surface area contributed by atoms with Crippen molar-refractivity contribution in [3.05, 3.63) is 34.4 Å². The van der Waals surface area contributed by atoms with E-state index in [9.17, 15) is 26.7 Å². The molecule has 0 radical (unpaired) electrons. The molecule has 9 heteroatoms. The van der Waals surface area contributed by atoms with Crippen LogP contribution in [-0.2, 0) is 6.54 Å². The molecule has 0 bridgehead atoms. The quantitative estimate of drug-likeness (QED) is 0.743. The minimum atomic E-state index is -4.45. The maximum absolute atomic E-state index is 12.8. The molecular weight excluding hydrogens is 399 g/mol. The third-order valence-corrected chi connectivity index (χ3v) is 4.36. The number of alkyl halides is 5. The Bertz CT molecular complexity index is 791. The zero-order chi connectivity index (χ0) is 17.7. The van der Waals surface area contributed by atoms with Crippen molar-refractivity contribution in [3.8, 4) is 0 Å². The molecule has 1 saturated carbocycles. The molecule has 0 saturated heterocycles. The molecular formula is C15H12BrF5N2O. The van der Waals surface area contributed by atoms with Gasteiger partial charge >= 0.3 is 6.18 Å². The summed E-state index contributed by atoms with van der Waals surface area (Å²) in [6.45, 7) is -1.24. The van der Waals surface area contributed by atoms with Gasteiger partial charge in [-0.2, -0.15) is 13.2 Å². The van der Waals surface area contributed by atoms with E-state index in [4.69, 9.17) is 0 Å². The van der Waals surface area contributed by atoms with Gasteiger partial charge in [0.15, 0.2) is 0 Å². The number of fused-ring (bicyclic) bond motifs is 1. The van der Waals surface area contributed by atoms with Gasteiger partial charge in [-0.3, -0.25) is 4.79 Å². The average Bonchev–Trinajstić information content (AvgIpc) is 2.73. The summed E-state index contributed by atoms with van der Waals surface area (Å²) in [6, 6.07) is 3.95. The number of amides is 1. The number of nitrogens with zero attached hydrogens (tertiary/aromatic N) is 1. The molecule has 1 N–H and O–H groups in total. The second-order valence-corrected chi connectivity index (χ2v) is 6.80. The van der Waals surface area contributed by atoms with E-state index in [1.165, 1.54) is 12.1 Å². The van der Waals surface area contributed by atoms with Crippen LogP contribution in [0.4, 0.5) is 22.0 Å². The normalized spacial score (nSPS) is 17.8.